The summed E-state index contributed by atoms with van der Waals surface area (Å²) in [6.45, 7) is 2.78. The van der Waals surface area contributed by atoms with Crippen LogP contribution in [0.3, 0.4) is 0 Å². The number of aliphatic hydroxyl groups is 1. The SMILES string of the molecule is CN=C(NCCc1nc(C)no1)NCC(O)c1cc2ccccc2s1.I. The van der Waals surface area contributed by atoms with E-state index in [0.29, 0.717) is 37.2 Å². The van der Waals surface area contributed by atoms with E-state index in [-0.39, 0.29) is 24.0 Å². The molecule has 0 amide bonds. The average molecular weight is 487 g/mol. The Balaban J connectivity index is 0.00000243. The number of aromatic nitrogens is 2. The monoisotopic (exact) mass is 487 g/mol. The third kappa shape index (κ3) is 5.39. The van der Waals surface area contributed by atoms with Crippen LogP contribution < -0.4 is 10.6 Å². The Morgan fingerprint density at radius 3 is 2.85 bits per heavy atom. The van der Waals surface area contributed by atoms with Crippen molar-refractivity contribution in [3.05, 3.63) is 46.9 Å². The molecule has 0 fully saturated rings. The van der Waals surface area contributed by atoms with Crippen molar-refractivity contribution in [2.75, 3.05) is 20.1 Å². The molecule has 3 N–H and O–H groups in total. The molecule has 1 aromatic carbocycles. The summed E-state index contributed by atoms with van der Waals surface area (Å²) >= 11 is 1.60. The minimum Gasteiger partial charge on any atom is -0.386 e. The molecule has 3 aromatic rings. The van der Waals surface area contributed by atoms with Gasteiger partial charge in [0, 0.05) is 36.1 Å². The number of aryl methyl sites for hydroxylation is 1. The minimum atomic E-state index is -0.588. The van der Waals surface area contributed by atoms with E-state index < -0.39 is 6.10 Å². The van der Waals surface area contributed by atoms with Gasteiger partial charge in [-0.25, -0.2) is 0 Å². The molecular weight excluding hydrogens is 465 g/mol. The molecule has 26 heavy (non-hydrogen) atoms. The number of hydrogen-bond acceptors (Lipinski definition) is 6. The van der Waals surface area contributed by atoms with Crippen LogP contribution in [0.4, 0.5) is 0 Å². The number of hydrogen-bond donors (Lipinski definition) is 3. The Labute approximate surface area is 172 Å². The highest BCUT2D eigenvalue weighted by Crippen LogP contribution is 2.29. The predicted molar refractivity (Wildman–Crippen MR) is 114 cm³/mol. The smallest absolute Gasteiger partial charge is 0.228 e. The van der Waals surface area contributed by atoms with E-state index in [1.54, 1.807) is 25.3 Å². The highest BCUT2D eigenvalue weighted by atomic mass is 127. The van der Waals surface area contributed by atoms with E-state index in [1.807, 2.05) is 18.2 Å². The lowest BCUT2D eigenvalue weighted by Crippen LogP contribution is -2.40. The molecule has 0 aliphatic heterocycles. The molecule has 0 spiro atoms. The van der Waals surface area contributed by atoms with Gasteiger partial charge in [0.25, 0.3) is 0 Å². The quantitative estimate of drug-likeness (QED) is 0.281. The summed E-state index contributed by atoms with van der Waals surface area (Å²) in [4.78, 5) is 9.24. The van der Waals surface area contributed by atoms with Crippen molar-refractivity contribution in [3.63, 3.8) is 0 Å². The fraction of sp³-hybridized carbons (Fsp3) is 0.353. The number of fused-ring (bicyclic) bond motifs is 1. The molecule has 0 aliphatic carbocycles. The van der Waals surface area contributed by atoms with E-state index in [1.165, 1.54) is 4.70 Å². The van der Waals surface area contributed by atoms with Gasteiger partial charge in [-0.1, -0.05) is 23.4 Å². The number of halogens is 1. The van der Waals surface area contributed by atoms with Gasteiger partial charge in [-0.3, -0.25) is 4.99 Å². The van der Waals surface area contributed by atoms with E-state index in [2.05, 4.69) is 37.9 Å². The lowest BCUT2D eigenvalue weighted by molar-refractivity contribution is 0.184. The molecule has 0 saturated heterocycles. The minimum absolute atomic E-state index is 0. The van der Waals surface area contributed by atoms with Crippen LogP contribution in [0.2, 0.25) is 0 Å². The number of nitrogens with zero attached hydrogens (tertiary/aromatic N) is 3. The van der Waals surface area contributed by atoms with Crippen LogP contribution in [0.1, 0.15) is 22.7 Å². The lowest BCUT2D eigenvalue weighted by Gasteiger charge is -2.14. The normalized spacial score (nSPS) is 12.7. The number of rotatable bonds is 6. The van der Waals surface area contributed by atoms with Gasteiger partial charge in [0.15, 0.2) is 11.8 Å². The molecule has 0 saturated carbocycles. The van der Waals surface area contributed by atoms with Gasteiger partial charge in [-0.15, -0.1) is 35.3 Å². The molecule has 1 atom stereocenters. The maximum Gasteiger partial charge on any atom is 0.228 e. The summed E-state index contributed by atoms with van der Waals surface area (Å²) in [5.74, 6) is 1.84. The topological polar surface area (TPSA) is 95.6 Å². The predicted octanol–water partition coefficient (Wildman–Crippen LogP) is 2.65. The molecule has 3 rings (SSSR count). The molecule has 0 aliphatic rings. The first-order valence-corrected chi connectivity index (χ1v) is 8.87. The van der Waals surface area contributed by atoms with Gasteiger partial charge >= 0.3 is 0 Å². The van der Waals surface area contributed by atoms with Crippen molar-refractivity contribution in [1.82, 2.24) is 20.8 Å². The van der Waals surface area contributed by atoms with Crippen molar-refractivity contribution in [1.29, 1.82) is 0 Å². The van der Waals surface area contributed by atoms with E-state index in [4.69, 9.17) is 4.52 Å². The van der Waals surface area contributed by atoms with Crippen molar-refractivity contribution >= 4 is 51.4 Å². The van der Waals surface area contributed by atoms with Crippen LogP contribution in [-0.2, 0) is 6.42 Å². The molecule has 0 radical (unpaired) electrons. The average Bonchev–Trinajstić information content (AvgIpc) is 3.23. The highest BCUT2D eigenvalue weighted by molar-refractivity contribution is 14.0. The van der Waals surface area contributed by atoms with Gasteiger partial charge in [-0.05, 0) is 24.4 Å². The fourth-order valence-electron chi connectivity index (χ4n) is 2.41. The second-order valence-electron chi connectivity index (χ2n) is 5.57. The second kappa shape index (κ2) is 9.83. The van der Waals surface area contributed by atoms with Gasteiger partial charge in [0.1, 0.15) is 6.10 Å². The summed E-state index contributed by atoms with van der Waals surface area (Å²) in [6.07, 6.45) is 0.0231. The number of guanidine groups is 1. The molecule has 9 heteroatoms. The standard InChI is InChI=1S/C17H21N5O2S.HI/c1-11-21-16(24-22-11)7-8-19-17(18-2)20-10-13(23)15-9-12-5-3-4-6-14(12)25-15;/h3-6,9,13,23H,7-8,10H2,1-2H3,(H2,18,19,20);1H. The fourth-order valence-corrected chi connectivity index (χ4v) is 3.46. The maximum absolute atomic E-state index is 10.4. The molecule has 2 heterocycles. The van der Waals surface area contributed by atoms with Crippen molar-refractivity contribution < 1.29 is 9.63 Å². The zero-order chi connectivity index (χ0) is 17.6. The third-order valence-electron chi connectivity index (χ3n) is 3.66. The first-order valence-electron chi connectivity index (χ1n) is 8.06. The van der Waals surface area contributed by atoms with Crippen molar-refractivity contribution in [2.45, 2.75) is 19.4 Å². The Hall–Kier alpha value is -1.72. The number of thiophene rings is 1. The Morgan fingerprint density at radius 2 is 2.15 bits per heavy atom. The number of aliphatic hydroxyl groups excluding tert-OH is 1. The van der Waals surface area contributed by atoms with Crippen LogP contribution in [0.5, 0.6) is 0 Å². The van der Waals surface area contributed by atoms with Crippen LogP contribution in [-0.4, -0.2) is 41.3 Å². The van der Waals surface area contributed by atoms with E-state index in [9.17, 15) is 5.11 Å². The molecular formula is C17H22IN5O2S. The molecule has 140 valence electrons. The Morgan fingerprint density at radius 1 is 1.35 bits per heavy atom. The third-order valence-corrected chi connectivity index (χ3v) is 4.88. The van der Waals surface area contributed by atoms with Gasteiger partial charge < -0.3 is 20.3 Å². The molecule has 1 unspecified atom stereocenters. The number of aliphatic imine (C=N–C) groups is 1. The maximum atomic E-state index is 10.4. The summed E-state index contributed by atoms with van der Waals surface area (Å²) in [6, 6.07) is 10.1. The molecule has 2 aromatic heterocycles. The van der Waals surface area contributed by atoms with E-state index in [0.717, 1.165) is 10.3 Å². The summed E-state index contributed by atoms with van der Waals surface area (Å²) in [5, 5.41) is 21.6. The first-order chi connectivity index (χ1) is 12.2. The van der Waals surface area contributed by atoms with Gasteiger partial charge in [0.2, 0.25) is 5.89 Å². The van der Waals surface area contributed by atoms with Crippen molar-refractivity contribution in [2.24, 2.45) is 4.99 Å². The number of benzene rings is 1. The zero-order valence-electron chi connectivity index (χ0n) is 14.6. The summed E-state index contributed by atoms with van der Waals surface area (Å²) < 4.78 is 6.24. The van der Waals surface area contributed by atoms with Crippen LogP contribution in [0.25, 0.3) is 10.1 Å². The summed E-state index contributed by atoms with van der Waals surface area (Å²) in [5.41, 5.74) is 0. The van der Waals surface area contributed by atoms with Gasteiger partial charge in [-0.2, -0.15) is 4.98 Å². The van der Waals surface area contributed by atoms with Crippen LogP contribution in [0, 0.1) is 6.92 Å². The van der Waals surface area contributed by atoms with Crippen LogP contribution >= 0.6 is 35.3 Å². The zero-order valence-corrected chi connectivity index (χ0v) is 17.7. The first kappa shape index (κ1) is 20.6. The second-order valence-corrected chi connectivity index (χ2v) is 6.68. The Kier molecular flexibility index (Phi) is 7.79. The highest BCUT2D eigenvalue weighted by Gasteiger charge is 2.12. The van der Waals surface area contributed by atoms with Crippen molar-refractivity contribution in [3.8, 4) is 0 Å². The molecule has 7 nitrogen and oxygen atoms in total. The number of nitrogens with one attached hydrogen (secondary N) is 2. The molecule has 0 bridgehead atoms. The van der Waals surface area contributed by atoms with Crippen LogP contribution in [0.15, 0.2) is 39.8 Å². The summed E-state index contributed by atoms with van der Waals surface area (Å²) in [7, 11) is 1.69. The largest absolute Gasteiger partial charge is 0.386 e. The van der Waals surface area contributed by atoms with Gasteiger partial charge in [0.05, 0.1) is 0 Å². The lowest BCUT2D eigenvalue weighted by atomic mass is 10.2. The van der Waals surface area contributed by atoms with E-state index >= 15 is 0 Å². The Bertz CT molecular complexity index is 831.